The predicted molar refractivity (Wildman–Crippen MR) is 127 cm³/mol. The molecule has 1 aliphatic carbocycles. The minimum atomic E-state index is -0.586. The van der Waals surface area contributed by atoms with Gasteiger partial charge in [0.25, 0.3) is 0 Å². The molecule has 0 aromatic heterocycles. The Bertz CT molecular complexity index is 1030. The molecular formula is C24H34N4O6+2. The average Bonchev–Trinajstić information content (AvgIpc) is 2.79. The molecule has 2 aromatic rings. The van der Waals surface area contributed by atoms with Gasteiger partial charge in [-0.15, -0.1) is 0 Å². The van der Waals surface area contributed by atoms with Crippen molar-refractivity contribution >= 4 is 22.9 Å². The molecule has 0 bridgehead atoms. The van der Waals surface area contributed by atoms with Crippen molar-refractivity contribution in [2.24, 2.45) is 0 Å². The maximum Gasteiger partial charge on any atom is 0.200 e. The molecule has 10 nitrogen and oxygen atoms in total. The van der Waals surface area contributed by atoms with E-state index in [-0.39, 0.29) is 43.0 Å². The summed E-state index contributed by atoms with van der Waals surface area (Å²) in [5, 5.41) is 47.4. The molecule has 1 aliphatic rings. The first-order valence-electron chi connectivity index (χ1n) is 11.4. The van der Waals surface area contributed by atoms with Gasteiger partial charge in [-0.2, -0.15) is 9.29 Å². The molecule has 10 heteroatoms. The van der Waals surface area contributed by atoms with E-state index >= 15 is 0 Å². The van der Waals surface area contributed by atoms with Gasteiger partial charge in [-0.1, -0.05) is 0 Å². The number of likely N-dealkylation sites (N-methyl/N-ethyl adjacent to an activating group) is 2. The third-order valence-corrected chi connectivity index (χ3v) is 6.46. The molecule has 0 aliphatic heterocycles. The van der Waals surface area contributed by atoms with Crippen molar-refractivity contribution in [2.45, 2.75) is 13.8 Å². The zero-order valence-electron chi connectivity index (χ0n) is 20.1. The summed E-state index contributed by atoms with van der Waals surface area (Å²) >= 11 is 0. The molecule has 3 rings (SSSR count). The maximum atomic E-state index is 13.5. The number of carbonyl (C=O) groups excluding carboxylic acids is 2. The second kappa shape index (κ2) is 9.59. The van der Waals surface area contributed by atoms with Crippen molar-refractivity contribution in [1.29, 1.82) is 0 Å². The van der Waals surface area contributed by atoms with E-state index in [1.807, 2.05) is 13.8 Å². The summed E-state index contributed by atoms with van der Waals surface area (Å²) in [5.41, 5.74) is 0.478. The monoisotopic (exact) mass is 474 g/mol. The molecule has 2 aromatic carbocycles. The summed E-state index contributed by atoms with van der Waals surface area (Å²) < 4.78 is -0.427. The Labute approximate surface area is 198 Å². The highest BCUT2D eigenvalue weighted by atomic mass is 16.5. The van der Waals surface area contributed by atoms with Gasteiger partial charge >= 0.3 is 0 Å². The van der Waals surface area contributed by atoms with Gasteiger partial charge in [0.15, 0.2) is 0 Å². The number of carbonyl (C=O) groups is 2. The fraction of sp³-hybridized carbons (Fsp3) is 0.417. The molecule has 0 heterocycles. The molecule has 0 saturated carbocycles. The van der Waals surface area contributed by atoms with Crippen LogP contribution < -0.4 is 10.6 Å². The highest BCUT2D eigenvalue weighted by Gasteiger charge is 2.38. The van der Waals surface area contributed by atoms with Crippen LogP contribution in [0.3, 0.4) is 0 Å². The molecule has 6 N–H and O–H groups in total. The lowest BCUT2D eigenvalue weighted by Crippen LogP contribution is -2.43. The number of phenols is 2. The van der Waals surface area contributed by atoms with Crippen LogP contribution in [0.25, 0.3) is 0 Å². The van der Waals surface area contributed by atoms with Crippen molar-refractivity contribution in [1.82, 2.24) is 0 Å². The number of aromatic hydroxyl groups is 2. The summed E-state index contributed by atoms with van der Waals surface area (Å²) in [6, 6.07) is 5.69. The molecule has 0 amide bonds. The molecule has 0 saturated heterocycles. The Kier molecular flexibility index (Phi) is 7.18. The lowest BCUT2D eigenvalue weighted by atomic mass is 9.81. The highest BCUT2D eigenvalue weighted by Crippen LogP contribution is 2.42. The zero-order valence-corrected chi connectivity index (χ0v) is 20.1. The van der Waals surface area contributed by atoms with E-state index in [0.29, 0.717) is 50.6 Å². The van der Waals surface area contributed by atoms with Crippen LogP contribution in [0.4, 0.5) is 11.4 Å². The Morgan fingerprint density at radius 1 is 0.676 bits per heavy atom. The van der Waals surface area contributed by atoms with Crippen LogP contribution in [0, 0.1) is 0 Å². The topological polar surface area (TPSA) is 139 Å². The maximum absolute atomic E-state index is 13.5. The van der Waals surface area contributed by atoms with Crippen molar-refractivity contribution < 1.29 is 39.5 Å². The SMILES string of the molecule is CC[N+](C)(O)CCNc1ccc(NCC[N+](C)(O)CC)c2c1C(=O)c1c(O)ccc(O)c1C2=O. The molecule has 0 fully saturated rings. The summed E-state index contributed by atoms with van der Waals surface area (Å²) in [7, 11) is 3.33. The first-order valence-corrected chi connectivity index (χ1v) is 11.4. The van der Waals surface area contributed by atoms with Gasteiger partial charge in [-0.05, 0) is 38.1 Å². The molecule has 0 radical (unpaired) electrons. The van der Waals surface area contributed by atoms with Gasteiger partial charge in [0.05, 0.1) is 49.4 Å². The average molecular weight is 475 g/mol. The number of benzene rings is 2. The molecule has 34 heavy (non-hydrogen) atoms. The number of rotatable bonds is 10. The van der Waals surface area contributed by atoms with Crippen LogP contribution in [0.15, 0.2) is 24.3 Å². The number of nitrogens with zero attached hydrogens (tertiary/aromatic N) is 2. The minimum absolute atomic E-state index is 0.0868. The summed E-state index contributed by atoms with van der Waals surface area (Å²) in [6.45, 7) is 6.09. The fourth-order valence-corrected chi connectivity index (χ4v) is 3.84. The number of anilines is 2. The highest BCUT2D eigenvalue weighted by molar-refractivity contribution is 6.33. The second-order valence-corrected chi connectivity index (χ2v) is 9.03. The van der Waals surface area contributed by atoms with E-state index in [2.05, 4.69) is 10.6 Å². The van der Waals surface area contributed by atoms with E-state index in [4.69, 9.17) is 0 Å². The summed E-state index contributed by atoms with van der Waals surface area (Å²) in [5.74, 6) is -1.94. The van der Waals surface area contributed by atoms with Gasteiger partial charge in [-0.3, -0.25) is 9.59 Å². The third kappa shape index (κ3) is 5.00. The number of hydroxylamine groups is 6. The van der Waals surface area contributed by atoms with Crippen LogP contribution in [0.5, 0.6) is 11.5 Å². The third-order valence-electron chi connectivity index (χ3n) is 6.46. The first kappa shape index (κ1) is 25.4. The minimum Gasteiger partial charge on any atom is -0.507 e. The summed E-state index contributed by atoms with van der Waals surface area (Å²) in [6.07, 6.45) is 0. The number of hydrogen-bond donors (Lipinski definition) is 6. The van der Waals surface area contributed by atoms with E-state index in [0.717, 1.165) is 0 Å². The van der Waals surface area contributed by atoms with E-state index in [1.165, 1.54) is 12.1 Å². The lowest BCUT2D eigenvalue weighted by molar-refractivity contribution is -1.08. The van der Waals surface area contributed by atoms with Crippen LogP contribution in [0.1, 0.15) is 45.7 Å². The van der Waals surface area contributed by atoms with Gasteiger partial charge in [0.1, 0.15) is 37.7 Å². The van der Waals surface area contributed by atoms with E-state index in [1.54, 1.807) is 26.2 Å². The molecular weight excluding hydrogens is 440 g/mol. The molecule has 0 spiro atoms. The Morgan fingerprint density at radius 3 is 1.35 bits per heavy atom. The number of quaternary nitrogens is 2. The van der Waals surface area contributed by atoms with Crippen molar-refractivity contribution in [3.05, 3.63) is 46.5 Å². The zero-order chi connectivity index (χ0) is 25.3. The Hall–Kier alpha value is -3.18. The van der Waals surface area contributed by atoms with Gasteiger partial charge in [0, 0.05) is 11.4 Å². The normalized spacial score (nSPS) is 16.3. The fourth-order valence-electron chi connectivity index (χ4n) is 3.84. The van der Waals surface area contributed by atoms with E-state index < -0.39 is 11.6 Å². The van der Waals surface area contributed by atoms with Crippen molar-refractivity contribution in [3.8, 4) is 11.5 Å². The smallest absolute Gasteiger partial charge is 0.200 e. The van der Waals surface area contributed by atoms with Gasteiger partial charge < -0.3 is 20.8 Å². The van der Waals surface area contributed by atoms with Crippen LogP contribution in [-0.2, 0) is 0 Å². The Balaban J connectivity index is 2.04. The van der Waals surface area contributed by atoms with Gasteiger partial charge in [-0.25, -0.2) is 10.4 Å². The number of nitrogens with one attached hydrogen (secondary N) is 2. The number of fused-ring (bicyclic) bond motifs is 2. The second-order valence-electron chi connectivity index (χ2n) is 9.03. The molecule has 2 atom stereocenters. The van der Waals surface area contributed by atoms with Crippen LogP contribution in [-0.4, -0.2) is 94.9 Å². The predicted octanol–water partition coefficient (Wildman–Crippen LogP) is 2.41. The van der Waals surface area contributed by atoms with E-state index in [9.17, 15) is 30.2 Å². The lowest BCUT2D eigenvalue weighted by Gasteiger charge is -2.27. The molecule has 184 valence electrons. The number of hydrogen-bond acceptors (Lipinski definition) is 8. The van der Waals surface area contributed by atoms with Crippen LogP contribution >= 0.6 is 0 Å². The molecule has 2 unspecified atom stereocenters. The number of ketones is 2. The van der Waals surface area contributed by atoms with Crippen LogP contribution in [0.2, 0.25) is 0 Å². The van der Waals surface area contributed by atoms with Crippen molar-refractivity contribution in [2.75, 3.05) is 64.0 Å². The Morgan fingerprint density at radius 2 is 1.03 bits per heavy atom. The quantitative estimate of drug-likeness (QED) is 0.150. The number of phenolic OH excluding ortho intramolecular Hbond substituents is 2. The standard InChI is InChI=1S/C24H32N4O6/c1-5-27(3,33)13-11-25-15-7-8-16(26-12-14-28(4,34)6-2)20-19(15)23(31)21-17(29)9-10-18(30)22(21)24(20)32/h7-10,33-34H,5-6,11-14H2,1-4H3,(H2-2,25,26,29,30,31,32)/p+2. The largest absolute Gasteiger partial charge is 0.507 e. The first-order chi connectivity index (χ1) is 15.9. The summed E-state index contributed by atoms with van der Waals surface area (Å²) in [4.78, 5) is 27.0. The van der Waals surface area contributed by atoms with Gasteiger partial charge in [0.2, 0.25) is 11.6 Å². The van der Waals surface area contributed by atoms with Crippen molar-refractivity contribution in [3.63, 3.8) is 0 Å².